The first-order chi connectivity index (χ1) is 12.7. The Morgan fingerprint density at radius 3 is 2.69 bits per heavy atom. The summed E-state index contributed by atoms with van der Waals surface area (Å²) in [5.41, 5.74) is 1.08. The van der Waals surface area contributed by atoms with Crippen LogP contribution in [0.3, 0.4) is 0 Å². The summed E-state index contributed by atoms with van der Waals surface area (Å²) in [7, 11) is 1.94. The Bertz CT molecular complexity index is 713. The van der Waals surface area contributed by atoms with Crippen LogP contribution < -0.4 is 10.6 Å². The molecule has 3 heterocycles. The van der Waals surface area contributed by atoms with E-state index in [1.165, 1.54) is 12.8 Å². The fraction of sp³-hybridized carbons (Fsp3) is 0.579. The molecule has 3 rings (SSSR count). The lowest BCUT2D eigenvalue weighted by molar-refractivity contribution is 0.213. The number of aryl methyl sites for hydroxylation is 2. The SMILES string of the molecule is CCNC(=NCc1ccnn1C)NCC(c1ccc(C)o1)N1CCCC1. The van der Waals surface area contributed by atoms with Gasteiger partial charge in [0.2, 0.25) is 0 Å². The van der Waals surface area contributed by atoms with Crippen molar-refractivity contribution in [1.29, 1.82) is 0 Å². The molecule has 142 valence electrons. The Morgan fingerprint density at radius 2 is 2.08 bits per heavy atom. The molecule has 26 heavy (non-hydrogen) atoms. The summed E-state index contributed by atoms with van der Waals surface area (Å²) >= 11 is 0. The monoisotopic (exact) mass is 358 g/mol. The van der Waals surface area contributed by atoms with Crippen LogP contribution in [0.4, 0.5) is 0 Å². The van der Waals surface area contributed by atoms with E-state index >= 15 is 0 Å². The molecule has 0 aliphatic carbocycles. The van der Waals surface area contributed by atoms with Gasteiger partial charge in [-0.3, -0.25) is 9.58 Å². The molecular weight excluding hydrogens is 328 g/mol. The first kappa shape index (κ1) is 18.5. The highest BCUT2D eigenvalue weighted by Crippen LogP contribution is 2.26. The molecule has 0 spiro atoms. The average Bonchev–Trinajstić information content (AvgIpc) is 3.36. The van der Waals surface area contributed by atoms with Crippen molar-refractivity contribution < 1.29 is 4.42 Å². The van der Waals surface area contributed by atoms with Crippen molar-refractivity contribution in [2.75, 3.05) is 26.2 Å². The van der Waals surface area contributed by atoms with Gasteiger partial charge in [-0.25, -0.2) is 4.99 Å². The molecule has 1 unspecified atom stereocenters. The summed E-state index contributed by atoms with van der Waals surface area (Å²) in [4.78, 5) is 7.19. The molecule has 1 fully saturated rings. The van der Waals surface area contributed by atoms with E-state index < -0.39 is 0 Å². The fourth-order valence-corrected chi connectivity index (χ4v) is 3.35. The molecule has 0 saturated carbocycles. The topological polar surface area (TPSA) is 70.6 Å². The van der Waals surface area contributed by atoms with Gasteiger partial charge in [0, 0.05) is 26.3 Å². The molecule has 2 aromatic rings. The Morgan fingerprint density at radius 1 is 1.27 bits per heavy atom. The summed E-state index contributed by atoms with van der Waals surface area (Å²) in [5, 5.41) is 11.0. The molecule has 1 atom stereocenters. The van der Waals surface area contributed by atoms with Crippen molar-refractivity contribution in [2.24, 2.45) is 12.0 Å². The van der Waals surface area contributed by atoms with Gasteiger partial charge >= 0.3 is 0 Å². The Kier molecular flexibility index (Phi) is 6.33. The second-order valence-corrected chi connectivity index (χ2v) is 6.73. The highest BCUT2D eigenvalue weighted by molar-refractivity contribution is 5.79. The van der Waals surface area contributed by atoms with E-state index in [4.69, 9.17) is 9.41 Å². The number of guanidine groups is 1. The van der Waals surface area contributed by atoms with Crippen molar-refractivity contribution in [3.63, 3.8) is 0 Å². The second-order valence-electron chi connectivity index (χ2n) is 6.73. The Hall–Kier alpha value is -2.28. The van der Waals surface area contributed by atoms with E-state index in [0.717, 1.165) is 49.4 Å². The van der Waals surface area contributed by atoms with Crippen molar-refractivity contribution in [3.8, 4) is 0 Å². The first-order valence-electron chi connectivity index (χ1n) is 9.47. The molecule has 0 radical (unpaired) electrons. The molecule has 1 aliphatic rings. The number of nitrogens with one attached hydrogen (secondary N) is 2. The van der Waals surface area contributed by atoms with Crippen molar-refractivity contribution in [1.82, 2.24) is 25.3 Å². The third kappa shape index (κ3) is 4.66. The van der Waals surface area contributed by atoms with Crippen molar-refractivity contribution in [2.45, 2.75) is 39.3 Å². The van der Waals surface area contributed by atoms with Crippen LogP contribution in [0, 0.1) is 6.92 Å². The number of aromatic nitrogens is 2. The first-order valence-corrected chi connectivity index (χ1v) is 9.47. The standard InChI is InChI=1S/C19H30N6O/c1-4-20-19(21-13-16-9-10-23-24(16)3)22-14-17(25-11-5-6-12-25)18-8-7-15(2)26-18/h7-10,17H,4-6,11-14H2,1-3H3,(H2,20,21,22). The van der Waals surface area contributed by atoms with E-state index in [0.29, 0.717) is 6.54 Å². The average molecular weight is 358 g/mol. The van der Waals surface area contributed by atoms with Crippen LogP contribution >= 0.6 is 0 Å². The van der Waals surface area contributed by atoms with Crippen LogP contribution in [-0.4, -0.2) is 46.8 Å². The zero-order chi connectivity index (χ0) is 18.4. The van der Waals surface area contributed by atoms with E-state index in [1.54, 1.807) is 6.20 Å². The zero-order valence-corrected chi connectivity index (χ0v) is 16.0. The van der Waals surface area contributed by atoms with Crippen LogP contribution in [0.15, 0.2) is 33.8 Å². The minimum absolute atomic E-state index is 0.228. The van der Waals surface area contributed by atoms with Crippen LogP contribution in [0.2, 0.25) is 0 Å². The molecular formula is C19H30N6O. The van der Waals surface area contributed by atoms with Gasteiger partial charge in [-0.15, -0.1) is 0 Å². The number of hydrogen-bond acceptors (Lipinski definition) is 4. The molecule has 0 bridgehead atoms. The third-order valence-electron chi connectivity index (χ3n) is 4.80. The minimum Gasteiger partial charge on any atom is -0.465 e. The predicted octanol–water partition coefficient (Wildman–Crippen LogP) is 2.21. The highest BCUT2D eigenvalue weighted by Gasteiger charge is 2.26. The van der Waals surface area contributed by atoms with E-state index in [-0.39, 0.29) is 6.04 Å². The summed E-state index contributed by atoms with van der Waals surface area (Å²) < 4.78 is 7.78. The third-order valence-corrected chi connectivity index (χ3v) is 4.80. The highest BCUT2D eigenvalue weighted by atomic mass is 16.3. The van der Waals surface area contributed by atoms with Crippen LogP contribution in [0.25, 0.3) is 0 Å². The second kappa shape index (κ2) is 8.89. The molecule has 7 nitrogen and oxygen atoms in total. The number of nitrogens with zero attached hydrogens (tertiary/aromatic N) is 4. The van der Waals surface area contributed by atoms with Crippen molar-refractivity contribution >= 4 is 5.96 Å². The molecule has 2 aromatic heterocycles. The summed E-state index contributed by atoms with van der Waals surface area (Å²) in [6.07, 6.45) is 4.31. The normalized spacial score (nSPS) is 16.8. The molecule has 0 aromatic carbocycles. The van der Waals surface area contributed by atoms with Gasteiger partial charge in [-0.2, -0.15) is 5.10 Å². The van der Waals surface area contributed by atoms with Gasteiger partial charge in [0.15, 0.2) is 5.96 Å². The maximum atomic E-state index is 5.93. The lowest BCUT2D eigenvalue weighted by atomic mass is 10.2. The van der Waals surface area contributed by atoms with Crippen LogP contribution in [-0.2, 0) is 13.6 Å². The number of hydrogen-bond donors (Lipinski definition) is 2. The maximum Gasteiger partial charge on any atom is 0.191 e. The molecule has 7 heteroatoms. The number of likely N-dealkylation sites (tertiary alicyclic amines) is 1. The summed E-state index contributed by atoms with van der Waals surface area (Å²) in [6, 6.07) is 6.36. The quantitative estimate of drug-likeness (QED) is 0.587. The lowest BCUT2D eigenvalue weighted by Gasteiger charge is -2.26. The smallest absolute Gasteiger partial charge is 0.191 e. The largest absolute Gasteiger partial charge is 0.465 e. The molecule has 2 N–H and O–H groups in total. The zero-order valence-electron chi connectivity index (χ0n) is 16.0. The number of aliphatic imine (C=N–C) groups is 1. The number of rotatable bonds is 7. The summed E-state index contributed by atoms with van der Waals surface area (Å²) in [5.74, 6) is 2.81. The van der Waals surface area contributed by atoms with Gasteiger partial charge in [0.1, 0.15) is 11.5 Å². The lowest BCUT2D eigenvalue weighted by Crippen LogP contribution is -2.42. The fourth-order valence-electron chi connectivity index (χ4n) is 3.35. The van der Waals surface area contributed by atoms with Gasteiger partial charge in [0.25, 0.3) is 0 Å². The Labute approximate surface area is 155 Å². The molecule has 0 amide bonds. The van der Waals surface area contributed by atoms with Crippen LogP contribution in [0.5, 0.6) is 0 Å². The van der Waals surface area contributed by atoms with Gasteiger partial charge in [0.05, 0.1) is 18.3 Å². The van der Waals surface area contributed by atoms with E-state index in [9.17, 15) is 0 Å². The van der Waals surface area contributed by atoms with E-state index in [2.05, 4.69) is 33.6 Å². The minimum atomic E-state index is 0.228. The maximum absolute atomic E-state index is 5.93. The van der Waals surface area contributed by atoms with E-state index in [1.807, 2.05) is 30.8 Å². The molecule has 1 aliphatic heterocycles. The summed E-state index contributed by atoms with van der Waals surface area (Å²) in [6.45, 7) is 8.51. The Balaban J connectivity index is 1.67. The van der Waals surface area contributed by atoms with Gasteiger partial charge in [-0.1, -0.05) is 0 Å². The van der Waals surface area contributed by atoms with Crippen LogP contribution in [0.1, 0.15) is 43.0 Å². The predicted molar refractivity (Wildman–Crippen MR) is 103 cm³/mol. The van der Waals surface area contributed by atoms with Crippen molar-refractivity contribution in [3.05, 3.63) is 41.6 Å². The molecule has 1 saturated heterocycles. The van der Waals surface area contributed by atoms with Gasteiger partial charge < -0.3 is 15.1 Å². The van der Waals surface area contributed by atoms with Gasteiger partial charge in [-0.05, 0) is 58.0 Å². The number of furan rings is 1.